The molecule has 0 fully saturated rings. The molecule has 0 saturated carbocycles. The van der Waals surface area contributed by atoms with Gasteiger partial charge in [-0.05, 0) is 55.0 Å². The van der Waals surface area contributed by atoms with E-state index in [0.717, 1.165) is 31.2 Å². The van der Waals surface area contributed by atoms with Gasteiger partial charge in [0.2, 0.25) is 11.8 Å². The van der Waals surface area contributed by atoms with Gasteiger partial charge in [0.15, 0.2) is 0 Å². The Kier molecular flexibility index (Phi) is 7.36. The number of thiophene rings is 1. The number of benzene rings is 1. The minimum absolute atomic E-state index is 0.100. The summed E-state index contributed by atoms with van der Waals surface area (Å²) in [6, 6.07) is 14.8. The molecule has 0 bridgehead atoms. The van der Waals surface area contributed by atoms with Crippen molar-refractivity contribution in [1.29, 1.82) is 0 Å². The van der Waals surface area contributed by atoms with E-state index < -0.39 is 0 Å². The van der Waals surface area contributed by atoms with Crippen LogP contribution in [0.5, 0.6) is 17.4 Å². The molecule has 0 radical (unpaired) electrons. The molecule has 0 saturated heterocycles. The second kappa shape index (κ2) is 10.6. The molecule has 0 aliphatic carbocycles. The number of halogens is 1. The second-order valence-corrected chi connectivity index (χ2v) is 9.28. The normalized spacial score (nSPS) is 10.7. The first-order chi connectivity index (χ1) is 15.6. The van der Waals surface area contributed by atoms with E-state index >= 15 is 0 Å². The Labute approximate surface area is 198 Å². The van der Waals surface area contributed by atoms with E-state index in [-0.39, 0.29) is 12.3 Å². The van der Waals surface area contributed by atoms with Crippen molar-refractivity contribution in [3.63, 3.8) is 0 Å². The molecule has 0 aliphatic heterocycles. The van der Waals surface area contributed by atoms with Crippen LogP contribution in [-0.4, -0.2) is 22.5 Å². The SMILES string of the molecule is CCOc1ccc(Oc2cc(CNC(=O)Cc3csc(-c4ccc(Cl)s4)n3)ccn2)cc1. The number of amides is 1. The Morgan fingerprint density at radius 1 is 1.12 bits per heavy atom. The van der Waals surface area contributed by atoms with E-state index in [1.165, 1.54) is 22.7 Å². The first kappa shape index (κ1) is 22.3. The Balaban J connectivity index is 1.30. The Hall–Kier alpha value is -2.94. The number of pyridine rings is 1. The lowest BCUT2D eigenvalue weighted by molar-refractivity contribution is -0.120. The Morgan fingerprint density at radius 3 is 2.69 bits per heavy atom. The van der Waals surface area contributed by atoms with Crippen LogP contribution in [-0.2, 0) is 17.8 Å². The minimum atomic E-state index is -0.100. The zero-order valence-corrected chi connectivity index (χ0v) is 19.6. The largest absolute Gasteiger partial charge is 0.494 e. The summed E-state index contributed by atoms with van der Waals surface area (Å²) < 4.78 is 12.0. The van der Waals surface area contributed by atoms with E-state index in [4.69, 9.17) is 21.1 Å². The average Bonchev–Trinajstić information content (AvgIpc) is 3.43. The summed E-state index contributed by atoms with van der Waals surface area (Å²) in [5, 5.41) is 5.69. The summed E-state index contributed by atoms with van der Waals surface area (Å²) in [7, 11) is 0. The van der Waals surface area contributed by atoms with Crippen LogP contribution in [0.4, 0.5) is 0 Å². The summed E-state index contributed by atoms with van der Waals surface area (Å²) in [5.74, 6) is 1.81. The number of hydrogen-bond donors (Lipinski definition) is 1. The van der Waals surface area contributed by atoms with Crippen molar-refractivity contribution < 1.29 is 14.3 Å². The van der Waals surface area contributed by atoms with E-state index in [9.17, 15) is 4.79 Å². The van der Waals surface area contributed by atoms with Crippen LogP contribution in [0.25, 0.3) is 9.88 Å². The van der Waals surface area contributed by atoms with E-state index in [2.05, 4.69) is 15.3 Å². The molecule has 4 rings (SSSR count). The molecular weight excluding hydrogens is 466 g/mol. The number of carbonyl (C=O) groups is 1. The van der Waals surface area contributed by atoms with Crippen LogP contribution in [0.1, 0.15) is 18.2 Å². The van der Waals surface area contributed by atoms with Crippen molar-refractivity contribution in [2.24, 2.45) is 0 Å². The fourth-order valence-corrected chi connectivity index (χ4v) is 4.80. The van der Waals surface area contributed by atoms with Gasteiger partial charge >= 0.3 is 0 Å². The zero-order chi connectivity index (χ0) is 22.3. The number of carbonyl (C=O) groups excluding carboxylic acids is 1. The average molecular weight is 486 g/mol. The van der Waals surface area contributed by atoms with Crippen LogP contribution in [0.15, 0.2) is 60.1 Å². The van der Waals surface area contributed by atoms with Crippen molar-refractivity contribution in [1.82, 2.24) is 15.3 Å². The lowest BCUT2D eigenvalue weighted by Crippen LogP contribution is -2.24. The molecule has 3 heterocycles. The van der Waals surface area contributed by atoms with Gasteiger partial charge in [-0.1, -0.05) is 11.6 Å². The standard InChI is InChI=1S/C23H20ClN3O3S2/c1-2-29-17-3-5-18(6-4-17)30-22-11-15(9-10-25-22)13-26-21(28)12-16-14-31-23(27-16)19-7-8-20(24)32-19/h3-11,14H,2,12-13H2,1H3,(H,26,28). The molecule has 0 unspecified atom stereocenters. The monoisotopic (exact) mass is 485 g/mol. The number of nitrogens with one attached hydrogen (secondary N) is 1. The van der Waals surface area contributed by atoms with Crippen LogP contribution < -0.4 is 14.8 Å². The fourth-order valence-electron chi connectivity index (χ4n) is 2.87. The molecule has 9 heteroatoms. The molecule has 0 spiro atoms. The molecule has 6 nitrogen and oxygen atoms in total. The van der Waals surface area contributed by atoms with E-state index in [0.29, 0.717) is 24.8 Å². The van der Waals surface area contributed by atoms with Gasteiger partial charge in [0, 0.05) is 24.2 Å². The molecule has 3 aromatic heterocycles. The highest BCUT2D eigenvalue weighted by molar-refractivity contribution is 7.23. The molecule has 32 heavy (non-hydrogen) atoms. The maximum absolute atomic E-state index is 12.4. The first-order valence-corrected chi connectivity index (χ1v) is 12.0. The number of ether oxygens (including phenoxy) is 2. The van der Waals surface area contributed by atoms with Gasteiger partial charge in [-0.2, -0.15) is 0 Å². The third-order valence-corrected chi connectivity index (χ3v) is 6.61. The van der Waals surface area contributed by atoms with Gasteiger partial charge < -0.3 is 14.8 Å². The number of nitrogens with zero attached hydrogens (tertiary/aromatic N) is 2. The van der Waals surface area contributed by atoms with Crippen LogP contribution >= 0.6 is 34.3 Å². The second-order valence-electron chi connectivity index (χ2n) is 6.71. The molecular formula is C23H20ClN3O3S2. The quantitative estimate of drug-likeness (QED) is 0.316. The fraction of sp³-hybridized carbons (Fsp3) is 0.174. The van der Waals surface area contributed by atoms with Gasteiger partial charge in [-0.25, -0.2) is 9.97 Å². The lowest BCUT2D eigenvalue weighted by Gasteiger charge is -2.09. The molecule has 1 aromatic carbocycles. The van der Waals surface area contributed by atoms with Crippen LogP contribution in [0.2, 0.25) is 4.34 Å². The van der Waals surface area contributed by atoms with Crippen molar-refractivity contribution in [3.05, 3.63) is 75.7 Å². The predicted octanol–water partition coefficient (Wildman–Crippen LogP) is 5.97. The van der Waals surface area contributed by atoms with Gasteiger partial charge in [0.1, 0.15) is 16.5 Å². The summed E-state index contributed by atoms with van der Waals surface area (Å²) >= 11 is 8.97. The predicted molar refractivity (Wildman–Crippen MR) is 128 cm³/mol. The van der Waals surface area contributed by atoms with Crippen LogP contribution in [0.3, 0.4) is 0 Å². The molecule has 164 valence electrons. The third-order valence-electron chi connectivity index (χ3n) is 4.32. The van der Waals surface area contributed by atoms with Gasteiger partial charge in [-0.15, -0.1) is 22.7 Å². The zero-order valence-electron chi connectivity index (χ0n) is 17.2. The molecule has 0 aliphatic rings. The molecule has 1 amide bonds. The highest BCUT2D eigenvalue weighted by Gasteiger charge is 2.11. The van der Waals surface area contributed by atoms with Crippen molar-refractivity contribution in [2.45, 2.75) is 19.9 Å². The molecule has 4 aromatic rings. The lowest BCUT2D eigenvalue weighted by atomic mass is 10.2. The highest BCUT2D eigenvalue weighted by atomic mass is 35.5. The van der Waals surface area contributed by atoms with Crippen molar-refractivity contribution in [2.75, 3.05) is 6.61 Å². The number of aromatic nitrogens is 2. The van der Waals surface area contributed by atoms with E-state index in [1.54, 1.807) is 12.3 Å². The minimum Gasteiger partial charge on any atom is -0.494 e. The number of hydrogen-bond acceptors (Lipinski definition) is 7. The number of rotatable bonds is 9. The van der Waals surface area contributed by atoms with Crippen LogP contribution in [0, 0.1) is 0 Å². The van der Waals surface area contributed by atoms with E-state index in [1.807, 2.05) is 54.8 Å². The summed E-state index contributed by atoms with van der Waals surface area (Å²) in [6.07, 6.45) is 1.88. The maximum atomic E-state index is 12.4. The molecule has 0 atom stereocenters. The Morgan fingerprint density at radius 2 is 1.94 bits per heavy atom. The highest BCUT2D eigenvalue weighted by Crippen LogP contribution is 2.33. The number of thiazole rings is 1. The summed E-state index contributed by atoms with van der Waals surface area (Å²) in [6.45, 7) is 2.93. The van der Waals surface area contributed by atoms with Gasteiger partial charge in [0.05, 0.1) is 27.9 Å². The Bertz CT molecular complexity index is 1190. The van der Waals surface area contributed by atoms with Crippen molar-refractivity contribution >= 4 is 40.2 Å². The third kappa shape index (κ3) is 6.06. The molecule has 1 N–H and O–H groups in total. The summed E-state index contributed by atoms with van der Waals surface area (Å²) in [5.41, 5.74) is 1.63. The maximum Gasteiger partial charge on any atom is 0.226 e. The topological polar surface area (TPSA) is 73.3 Å². The van der Waals surface area contributed by atoms with Gasteiger partial charge in [-0.3, -0.25) is 4.79 Å². The van der Waals surface area contributed by atoms with Gasteiger partial charge in [0.25, 0.3) is 0 Å². The summed E-state index contributed by atoms with van der Waals surface area (Å²) in [4.78, 5) is 22.2. The first-order valence-electron chi connectivity index (χ1n) is 9.91. The van der Waals surface area contributed by atoms with Crippen molar-refractivity contribution in [3.8, 4) is 27.3 Å². The smallest absolute Gasteiger partial charge is 0.226 e.